The molecular weight excluding hydrogens is 418 g/mol. The van der Waals surface area contributed by atoms with Crippen LogP contribution in [0.3, 0.4) is 0 Å². The van der Waals surface area contributed by atoms with E-state index in [-0.39, 0.29) is 5.56 Å². The summed E-state index contributed by atoms with van der Waals surface area (Å²) in [6.07, 6.45) is 0. The average molecular weight is 436 g/mol. The molecule has 4 rings (SSSR count). The molecule has 2 N–H and O–H groups in total. The van der Waals surface area contributed by atoms with Gasteiger partial charge in [0, 0.05) is 15.3 Å². The molecule has 2 aliphatic rings. The summed E-state index contributed by atoms with van der Waals surface area (Å²) >= 11 is 7.28. The minimum atomic E-state index is -1.05. The Balaban J connectivity index is 1.58. The van der Waals surface area contributed by atoms with Crippen molar-refractivity contribution >= 4 is 41.1 Å². The van der Waals surface area contributed by atoms with Crippen molar-refractivity contribution in [3.63, 3.8) is 0 Å². The number of aryl methyl sites for hydroxylation is 1. The molecule has 10 heteroatoms. The number of benzene rings is 1. The maximum absolute atomic E-state index is 13.0. The molecule has 0 bridgehead atoms. The number of carbonyl (C=O) groups is 3. The van der Waals surface area contributed by atoms with Crippen molar-refractivity contribution in [3.05, 3.63) is 40.6 Å². The van der Waals surface area contributed by atoms with E-state index < -0.39 is 40.0 Å². The molecule has 0 saturated carbocycles. The Morgan fingerprint density at radius 2 is 1.97 bits per heavy atom. The highest BCUT2D eigenvalue weighted by atomic mass is 35.5. The number of hydrogen-bond donors (Lipinski definition) is 2. The van der Waals surface area contributed by atoms with E-state index in [4.69, 9.17) is 16.1 Å². The molecule has 0 spiro atoms. The largest absolute Gasteiger partial charge is 0.480 e. The molecule has 29 heavy (non-hydrogen) atoms. The highest BCUT2D eigenvalue weighted by Gasteiger charge is 2.64. The Kier molecular flexibility index (Phi) is 4.62. The summed E-state index contributed by atoms with van der Waals surface area (Å²) in [7, 11) is 0. The molecule has 2 saturated heterocycles. The van der Waals surface area contributed by atoms with Crippen molar-refractivity contribution < 1.29 is 24.0 Å². The normalized spacial score (nSPS) is 24.8. The predicted molar refractivity (Wildman–Crippen MR) is 107 cm³/mol. The molecule has 2 fully saturated rings. The molecule has 3 heterocycles. The van der Waals surface area contributed by atoms with Crippen LogP contribution in [-0.4, -0.2) is 55.2 Å². The highest BCUT2D eigenvalue weighted by molar-refractivity contribution is 8.01. The lowest BCUT2D eigenvalue weighted by atomic mass is 9.95. The number of carbonyl (C=O) groups excluding carboxylic acids is 2. The number of nitrogens with one attached hydrogen (secondary N) is 1. The Bertz CT molecular complexity index is 1020. The first kappa shape index (κ1) is 19.8. The zero-order valence-electron chi connectivity index (χ0n) is 15.8. The fourth-order valence-corrected chi connectivity index (χ4v) is 5.55. The zero-order chi connectivity index (χ0) is 21.1. The fourth-order valence-electron chi connectivity index (χ4n) is 3.80. The predicted octanol–water partition coefficient (Wildman–Crippen LogP) is 2.55. The van der Waals surface area contributed by atoms with Crippen LogP contribution < -0.4 is 5.32 Å². The van der Waals surface area contributed by atoms with Crippen LogP contribution in [0.1, 0.15) is 30.0 Å². The Hall–Kier alpha value is -2.52. The number of hydrogen-bond acceptors (Lipinski definition) is 6. The summed E-state index contributed by atoms with van der Waals surface area (Å²) in [4.78, 5) is 38.5. The smallest absolute Gasteiger partial charge is 0.327 e. The number of rotatable bonds is 4. The van der Waals surface area contributed by atoms with Gasteiger partial charge in [-0.1, -0.05) is 28.9 Å². The summed E-state index contributed by atoms with van der Waals surface area (Å²) in [5, 5.41) is 16.3. The summed E-state index contributed by atoms with van der Waals surface area (Å²) in [6, 6.07) is 5.07. The number of fused-ring (bicyclic) bond motifs is 1. The van der Waals surface area contributed by atoms with Gasteiger partial charge in [-0.2, -0.15) is 0 Å². The zero-order valence-corrected chi connectivity index (χ0v) is 17.4. The Morgan fingerprint density at radius 3 is 2.59 bits per heavy atom. The molecule has 0 aliphatic carbocycles. The van der Waals surface area contributed by atoms with Gasteiger partial charge in [-0.05, 0) is 32.9 Å². The first-order valence-electron chi connectivity index (χ1n) is 8.87. The van der Waals surface area contributed by atoms with Gasteiger partial charge in [0.1, 0.15) is 34.5 Å². The van der Waals surface area contributed by atoms with Crippen LogP contribution in [0.2, 0.25) is 5.02 Å². The number of β-lactam (4-membered cyclic amide) rings is 1. The van der Waals surface area contributed by atoms with Gasteiger partial charge < -0.3 is 19.8 Å². The van der Waals surface area contributed by atoms with E-state index in [9.17, 15) is 19.5 Å². The number of thioether (sulfide) groups is 1. The molecule has 3 atom stereocenters. The number of aromatic nitrogens is 1. The van der Waals surface area contributed by atoms with E-state index in [1.807, 2.05) is 0 Å². The fraction of sp³-hybridized carbons (Fsp3) is 0.368. The highest BCUT2D eigenvalue weighted by Crippen LogP contribution is 2.50. The molecular formula is C19H18ClN3O5S. The van der Waals surface area contributed by atoms with E-state index in [0.29, 0.717) is 22.0 Å². The van der Waals surface area contributed by atoms with Gasteiger partial charge in [-0.25, -0.2) is 4.79 Å². The number of amides is 2. The quantitative estimate of drug-likeness (QED) is 0.709. The molecule has 2 aromatic rings. The van der Waals surface area contributed by atoms with Crippen LogP contribution >= 0.6 is 23.4 Å². The second-order valence-electron chi connectivity index (χ2n) is 7.52. The monoisotopic (exact) mass is 435 g/mol. The lowest BCUT2D eigenvalue weighted by Crippen LogP contribution is -2.70. The third-order valence-electron chi connectivity index (χ3n) is 5.17. The van der Waals surface area contributed by atoms with Crippen LogP contribution in [-0.2, 0) is 9.59 Å². The third kappa shape index (κ3) is 3.08. The van der Waals surface area contributed by atoms with E-state index in [2.05, 4.69) is 10.5 Å². The maximum Gasteiger partial charge on any atom is 0.327 e. The maximum atomic E-state index is 13.0. The van der Waals surface area contributed by atoms with Crippen molar-refractivity contribution in [2.24, 2.45) is 0 Å². The number of carboxylic acids is 1. The van der Waals surface area contributed by atoms with Crippen molar-refractivity contribution in [3.8, 4) is 11.3 Å². The van der Waals surface area contributed by atoms with Gasteiger partial charge in [0.15, 0.2) is 0 Å². The van der Waals surface area contributed by atoms with Crippen LogP contribution in [0.5, 0.6) is 0 Å². The standard InChI is InChI=1S/C19H18ClN3O5S/c1-8-11(12(22-28-8)9-4-6-10(20)7-5-9)15(24)21-13-16(25)23-14(18(26)27)19(2,3)29-17(13)23/h4-7,13-14,17H,1-3H3,(H,21,24)(H,26,27)/t13-,14+,17-/m1/s1. The molecule has 0 unspecified atom stereocenters. The Labute approximate surface area is 175 Å². The van der Waals surface area contributed by atoms with Crippen LogP contribution in [0.15, 0.2) is 28.8 Å². The number of aliphatic carboxylic acids is 1. The van der Waals surface area contributed by atoms with Crippen molar-refractivity contribution in [1.29, 1.82) is 0 Å². The van der Waals surface area contributed by atoms with Gasteiger partial charge in [0.25, 0.3) is 5.91 Å². The third-order valence-corrected chi connectivity index (χ3v) is 6.99. The lowest BCUT2D eigenvalue weighted by Gasteiger charge is -2.43. The number of nitrogens with zero attached hydrogens (tertiary/aromatic N) is 2. The van der Waals surface area contributed by atoms with Crippen molar-refractivity contribution in [1.82, 2.24) is 15.4 Å². The van der Waals surface area contributed by atoms with Gasteiger partial charge in [0.2, 0.25) is 5.91 Å². The van der Waals surface area contributed by atoms with Gasteiger partial charge >= 0.3 is 5.97 Å². The Morgan fingerprint density at radius 1 is 1.31 bits per heavy atom. The van der Waals surface area contributed by atoms with Crippen LogP contribution in [0.4, 0.5) is 0 Å². The van der Waals surface area contributed by atoms with Crippen LogP contribution in [0.25, 0.3) is 11.3 Å². The molecule has 152 valence electrons. The van der Waals surface area contributed by atoms with Crippen molar-refractivity contribution in [2.75, 3.05) is 0 Å². The second-order valence-corrected chi connectivity index (χ2v) is 9.73. The lowest BCUT2D eigenvalue weighted by molar-refractivity contribution is -0.159. The first-order valence-corrected chi connectivity index (χ1v) is 10.1. The summed E-state index contributed by atoms with van der Waals surface area (Å²) in [5.41, 5.74) is 1.24. The first-order chi connectivity index (χ1) is 13.6. The minimum Gasteiger partial charge on any atom is -0.480 e. The van der Waals surface area contributed by atoms with E-state index in [0.717, 1.165) is 0 Å². The molecule has 8 nitrogen and oxygen atoms in total. The minimum absolute atomic E-state index is 0.232. The topological polar surface area (TPSA) is 113 Å². The number of halogens is 1. The van der Waals surface area contributed by atoms with E-state index >= 15 is 0 Å². The molecule has 1 aromatic heterocycles. The van der Waals surface area contributed by atoms with Gasteiger partial charge in [-0.15, -0.1) is 11.8 Å². The summed E-state index contributed by atoms with van der Waals surface area (Å²) in [6.45, 7) is 5.18. The molecule has 1 aromatic carbocycles. The molecule has 2 amide bonds. The summed E-state index contributed by atoms with van der Waals surface area (Å²) in [5.74, 6) is -1.64. The average Bonchev–Trinajstić information content (AvgIpc) is 3.15. The SMILES string of the molecule is Cc1onc(-c2ccc(Cl)cc2)c1C(=O)N[C@@H]1C(=O)N2[C@@H]1SC(C)(C)[C@@H]2C(=O)O. The van der Waals surface area contributed by atoms with Crippen molar-refractivity contribution in [2.45, 2.75) is 43.0 Å². The van der Waals surface area contributed by atoms with Gasteiger partial charge in [-0.3, -0.25) is 9.59 Å². The number of carboxylic acid groups (broad SMARTS) is 1. The van der Waals surface area contributed by atoms with Gasteiger partial charge in [0.05, 0.1) is 0 Å². The van der Waals surface area contributed by atoms with Crippen LogP contribution in [0, 0.1) is 6.92 Å². The molecule has 2 aliphatic heterocycles. The van der Waals surface area contributed by atoms with E-state index in [1.54, 1.807) is 45.0 Å². The summed E-state index contributed by atoms with van der Waals surface area (Å²) < 4.78 is 4.55. The second kappa shape index (κ2) is 6.77. The molecule has 0 radical (unpaired) electrons. The van der Waals surface area contributed by atoms with E-state index in [1.165, 1.54) is 16.7 Å².